The highest BCUT2D eigenvalue weighted by atomic mass is 16.3. The minimum absolute atomic E-state index is 0.306. The molecule has 3 nitrogen and oxygen atoms in total. The number of phenolic OH excluding ortho intramolecular Hbond substituents is 1. The largest absolute Gasteiger partial charge is 0.508 e. The minimum Gasteiger partial charge on any atom is -0.508 e. The number of nitrogens with two attached hydrogens (primary N) is 1. The first kappa shape index (κ1) is 13.4. The molecule has 3 N–H and O–H groups in total. The zero-order valence-electron chi connectivity index (χ0n) is 11.2. The van der Waals surface area contributed by atoms with Crippen LogP contribution in [0.2, 0.25) is 0 Å². The predicted octanol–water partition coefficient (Wildman–Crippen LogP) is 2.65. The van der Waals surface area contributed by atoms with Crippen molar-refractivity contribution in [2.45, 2.75) is 13.0 Å². The first-order valence-electron chi connectivity index (χ1n) is 6.45. The summed E-state index contributed by atoms with van der Waals surface area (Å²) in [6.07, 6.45) is 1.00. The quantitative estimate of drug-likeness (QED) is 0.638. The topological polar surface area (TPSA) is 49.5 Å². The molecule has 2 rings (SSSR count). The number of likely N-dealkylation sites (N-methyl/N-ethyl adjacent to an activating group) is 1. The average molecular weight is 256 g/mol. The van der Waals surface area contributed by atoms with Gasteiger partial charge in [-0.05, 0) is 37.2 Å². The fourth-order valence-corrected chi connectivity index (χ4v) is 2.07. The second-order valence-electron chi connectivity index (χ2n) is 4.86. The van der Waals surface area contributed by atoms with E-state index >= 15 is 0 Å². The lowest BCUT2D eigenvalue weighted by atomic mass is 10.1. The molecule has 19 heavy (non-hydrogen) atoms. The van der Waals surface area contributed by atoms with Gasteiger partial charge in [0.25, 0.3) is 0 Å². The molecule has 0 heterocycles. The number of hydrogen-bond donors (Lipinski definition) is 2. The normalized spacial score (nSPS) is 10.8. The molecule has 2 aromatic carbocycles. The van der Waals surface area contributed by atoms with E-state index in [9.17, 15) is 5.11 Å². The summed E-state index contributed by atoms with van der Waals surface area (Å²) in [7, 11) is 2.05. The molecule has 0 atom stereocenters. The Labute approximate surface area is 114 Å². The SMILES string of the molecule is CN(CCc1ccccc1)Cc1cc(N)ccc1O. The number of nitrogens with zero attached hydrogens (tertiary/aromatic N) is 1. The van der Waals surface area contributed by atoms with Gasteiger partial charge in [-0.1, -0.05) is 30.3 Å². The van der Waals surface area contributed by atoms with Crippen molar-refractivity contribution >= 4 is 5.69 Å². The van der Waals surface area contributed by atoms with Gasteiger partial charge < -0.3 is 15.7 Å². The summed E-state index contributed by atoms with van der Waals surface area (Å²) in [4.78, 5) is 2.18. The van der Waals surface area contributed by atoms with Gasteiger partial charge in [-0.25, -0.2) is 0 Å². The monoisotopic (exact) mass is 256 g/mol. The summed E-state index contributed by atoms with van der Waals surface area (Å²) in [5, 5.41) is 9.79. The third kappa shape index (κ3) is 4.00. The minimum atomic E-state index is 0.306. The van der Waals surface area contributed by atoms with Crippen LogP contribution in [0.4, 0.5) is 5.69 Å². The van der Waals surface area contributed by atoms with Crippen LogP contribution in [-0.4, -0.2) is 23.6 Å². The fraction of sp³-hybridized carbons (Fsp3) is 0.250. The summed E-state index contributed by atoms with van der Waals surface area (Å²) in [6.45, 7) is 1.64. The molecule has 0 saturated heterocycles. The van der Waals surface area contributed by atoms with Crippen molar-refractivity contribution in [1.82, 2.24) is 4.90 Å². The summed E-state index contributed by atoms with van der Waals surface area (Å²) >= 11 is 0. The Morgan fingerprint density at radius 3 is 2.58 bits per heavy atom. The molecule has 0 unspecified atom stereocenters. The van der Waals surface area contributed by atoms with Crippen molar-refractivity contribution in [3.63, 3.8) is 0 Å². The maximum Gasteiger partial charge on any atom is 0.120 e. The molecular weight excluding hydrogens is 236 g/mol. The first-order chi connectivity index (χ1) is 9.15. The number of aromatic hydroxyl groups is 1. The van der Waals surface area contributed by atoms with E-state index in [0.29, 0.717) is 18.0 Å². The van der Waals surface area contributed by atoms with Gasteiger partial charge in [0.15, 0.2) is 0 Å². The number of rotatable bonds is 5. The molecule has 3 heteroatoms. The van der Waals surface area contributed by atoms with E-state index < -0.39 is 0 Å². The van der Waals surface area contributed by atoms with E-state index in [1.54, 1.807) is 12.1 Å². The van der Waals surface area contributed by atoms with E-state index in [2.05, 4.69) is 29.2 Å². The van der Waals surface area contributed by atoms with E-state index in [1.807, 2.05) is 19.2 Å². The Hall–Kier alpha value is -2.00. The third-order valence-corrected chi connectivity index (χ3v) is 3.17. The Balaban J connectivity index is 1.90. The third-order valence-electron chi connectivity index (χ3n) is 3.17. The molecule has 0 radical (unpaired) electrons. The first-order valence-corrected chi connectivity index (χ1v) is 6.45. The maximum absolute atomic E-state index is 9.79. The van der Waals surface area contributed by atoms with Gasteiger partial charge in [-0.2, -0.15) is 0 Å². The molecule has 0 amide bonds. The molecule has 100 valence electrons. The molecule has 0 bridgehead atoms. The molecule has 0 spiro atoms. The second kappa shape index (κ2) is 6.25. The lowest BCUT2D eigenvalue weighted by molar-refractivity contribution is 0.324. The molecule has 2 aromatic rings. The van der Waals surface area contributed by atoms with Crippen LogP contribution in [0, 0.1) is 0 Å². The zero-order chi connectivity index (χ0) is 13.7. The van der Waals surface area contributed by atoms with Crippen molar-refractivity contribution in [3.8, 4) is 5.75 Å². The highest BCUT2D eigenvalue weighted by Gasteiger charge is 2.06. The molecule has 0 fully saturated rings. The number of nitrogen functional groups attached to an aromatic ring is 1. The molecular formula is C16H20N2O. The maximum atomic E-state index is 9.79. The predicted molar refractivity (Wildman–Crippen MR) is 79.0 cm³/mol. The van der Waals surface area contributed by atoms with Gasteiger partial charge >= 0.3 is 0 Å². The van der Waals surface area contributed by atoms with Crippen molar-refractivity contribution < 1.29 is 5.11 Å². The van der Waals surface area contributed by atoms with E-state index in [-0.39, 0.29) is 0 Å². The van der Waals surface area contributed by atoms with E-state index in [1.165, 1.54) is 5.56 Å². The van der Waals surface area contributed by atoms with Gasteiger partial charge in [-0.3, -0.25) is 0 Å². The summed E-state index contributed by atoms with van der Waals surface area (Å²) < 4.78 is 0. The van der Waals surface area contributed by atoms with Gasteiger partial charge in [0, 0.05) is 24.3 Å². The molecule has 0 aliphatic heterocycles. The number of anilines is 1. The summed E-state index contributed by atoms with van der Waals surface area (Å²) in [5.41, 5.74) is 8.62. The highest BCUT2D eigenvalue weighted by Crippen LogP contribution is 2.21. The second-order valence-corrected chi connectivity index (χ2v) is 4.86. The average Bonchev–Trinajstić information content (AvgIpc) is 2.42. The van der Waals surface area contributed by atoms with Crippen LogP contribution < -0.4 is 5.73 Å². The Morgan fingerprint density at radius 1 is 1.11 bits per heavy atom. The molecule has 0 aliphatic carbocycles. The van der Waals surface area contributed by atoms with Crippen molar-refractivity contribution in [2.75, 3.05) is 19.3 Å². The smallest absolute Gasteiger partial charge is 0.120 e. The summed E-state index contributed by atoms with van der Waals surface area (Å²) in [5.74, 6) is 0.306. The molecule has 0 aromatic heterocycles. The number of phenols is 1. The van der Waals surface area contributed by atoms with Crippen LogP contribution in [0.5, 0.6) is 5.75 Å². The lowest BCUT2D eigenvalue weighted by Crippen LogP contribution is -2.20. The Morgan fingerprint density at radius 2 is 1.84 bits per heavy atom. The van der Waals surface area contributed by atoms with Gasteiger partial charge in [0.2, 0.25) is 0 Å². The lowest BCUT2D eigenvalue weighted by Gasteiger charge is -2.17. The van der Waals surface area contributed by atoms with Crippen molar-refractivity contribution in [2.24, 2.45) is 0 Å². The van der Waals surface area contributed by atoms with E-state index in [4.69, 9.17) is 5.73 Å². The van der Waals surface area contributed by atoms with Crippen LogP contribution in [0.3, 0.4) is 0 Å². The standard InChI is InChI=1S/C16H20N2O/c1-18(10-9-13-5-3-2-4-6-13)12-14-11-15(17)7-8-16(14)19/h2-8,11,19H,9-10,12,17H2,1H3. The van der Waals surface area contributed by atoms with Crippen LogP contribution >= 0.6 is 0 Å². The number of benzene rings is 2. The van der Waals surface area contributed by atoms with Gasteiger partial charge in [0.1, 0.15) is 5.75 Å². The van der Waals surface area contributed by atoms with Crippen molar-refractivity contribution in [3.05, 3.63) is 59.7 Å². The van der Waals surface area contributed by atoms with Crippen LogP contribution in [0.15, 0.2) is 48.5 Å². The molecule has 0 aliphatic rings. The van der Waals surface area contributed by atoms with Gasteiger partial charge in [-0.15, -0.1) is 0 Å². The van der Waals surface area contributed by atoms with E-state index in [0.717, 1.165) is 18.5 Å². The zero-order valence-corrected chi connectivity index (χ0v) is 11.2. The summed E-state index contributed by atoms with van der Waals surface area (Å²) in [6, 6.07) is 15.6. The highest BCUT2D eigenvalue weighted by molar-refractivity contribution is 5.47. The Kier molecular flexibility index (Phi) is 4.42. The number of hydrogen-bond acceptors (Lipinski definition) is 3. The fourth-order valence-electron chi connectivity index (χ4n) is 2.07. The van der Waals surface area contributed by atoms with Crippen LogP contribution in [0.1, 0.15) is 11.1 Å². The molecule has 0 saturated carbocycles. The Bertz CT molecular complexity index is 526. The van der Waals surface area contributed by atoms with Gasteiger partial charge in [0.05, 0.1) is 0 Å². The van der Waals surface area contributed by atoms with Crippen molar-refractivity contribution in [1.29, 1.82) is 0 Å². The van der Waals surface area contributed by atoms with Crippen LogP contribution in [-0.2, 0) is 13.0 Å². The van der Waals surface area contributed by atoms with Crippen LogP contribution in [0.25, 0.3) is 0 Å².